The summed E-state index contributed by atoms with van der Waals surface area (Å²) in [6.07, 6.45) is 0. The Morgan fingerprint density at radius 1 is 0.833 bits per heavy atom. The summed E-state index contributed by atoms with van der Waals surface area (Å²) >= 11 is 0. The number of carbonyl (C=O) groups is 1. The smallest absolute Gasteiger partial charge is 0.361 e. The molecule has 156 valence electrons. The summed E-state index contributed by atoms with van der Waals surface area (Å²) < 4.78 is 29.4. The average Bonchev–Trinajstić information content (AvgIpc) is 2.75. The molecule has 3 aromatic carbocycles. The molecule has 0 fully saturated rings. The van der Waals surface area contributed by atoms with Crippen LogP contribution in [0.5, 0.6) is 11.5 Å². The molecule has 0 unspecified atom stereocenters. The zero-order chi connectivity index (χ0) is 21.4. The van der Waals surface area contributed by atoms with Crippen LogP contribution in [0.1, 0.15) is 24.2 Å². The number of hydrogen-bond donors (Lipinski definition) is 1. The molecular formula is C23H24NO5P. The first-order valence-electron chi connectivity index (χ1n) is 9.68. The molecule has 0 bridgehead atoms. The number of amides is 1. The van der Waals surface area contributed by atoms with Crippen LogP contribution in [0.15, 0.2) is 78.9 Å². The van der Waals surface area contributed by atoms with Gasteiger partial charge in [-0.25, -0.2) is 0 Å². The molecule has 6 nitrogen and oxygen atoms in total. The lowest BCUT2D eigenvalue weighted by atomic mass is 10.2. The highest BCUT2D eigenvalue weighted by Gasteiger charge is 2.26. The Labute approximate surface area is 176 Å². The quantitative estimate of drug-likeness (QED) is 0.450. The first-order valence-corrected chi connectivity index (χ1v) is 11.2. The lowest BCUT2D eigenvalue weighted by molar-refractivity contribution is 0.102. The van der Waals surface area contributed by atoms with E-state index in [1.807, 2.05) is 30.3 Å². The fourth-order valence-corrected chi connectivity index (χ4v) is 4.40. The lowest BCUT2D eigenvalue weighted by Crippen LogP contribution is -2.15. The maximum Gasteiger partial charge on any atom is 0.361 e. The van der Waals surface area contributed by atoms with Crippen LogP contribution in [0.4, 0.5) is 5.69 Å². The highest BCUT2D eigenvalue weighted by atomic mass is 31.2. The minimum absolute atomic E-state index is 0.255. The summed E-state index contributed by atoms with van der Waals surface area (Å²) in [6.45, 7) is 4.02. The molecule has 0 aliphatic heterocycles. The Balaban J connectivity index is 1.70. The third-order valence-electron chi connectivity index (χ3n) is 4.11. The molecule has 0 aliphatic rings. The van der Waals surface area contributed by atoms with Gasteiger partial charge in [0.25, 0.3) is 5.91 Å². The Morgan fingerprint density at radius 3 is 2.10 bits per heavy atom. The topological polar surface area (TPSA) is 73.9 Å². The first kappa shape index (κ1) is 21.8. The second-order valence-corrected chi connectivity index (χ2v) is 8.30. The largest absolute Gasteiger partial charge is 0.457 e. The van der Waals surface area contributed by atoms with Crippen molar-refractivity contribution in [2.45, 2.75) is 13.8 Å². The van der Waals surface area contributed by atoms with Gasteiger partial charge in [-0.1, -0.05) is 24.3 Å². The summed E-state index contributed by atoms with van der Waals surface area (Å²) in [6, 6.07) is 22.9. The van der Waals surface area contributed by atoms with Crippen molar-refractivity contribution >= 4 is 24.5 Å². The molecule has 3 aromatic rings. The van der Waals surface area contributed by atoms with Gasteiger partial charge in [0.15, 0.2) is 0 Å². The van der Waals surface area contributed by atoms with Crippen molar-refractivity contribution in [2.75, 3.05) is 18.5 Å². The van der Waals surface area contributed by atoms with Crippen molar-refractivity contribution in [1.29, 1.82) is 0 Å². The Hall–Kier alpha value is -2.92. The van der Waals surface area contributed by atoms with Gasteiger partial charge in [-0.2, -0.15) is 0 Å². The number of ether oxygens (including phenoxy) is 1. The molecule has 30 heavy (non-hydrogen) atoms. The number of hydrogen-bond acceptors (Lipinski definition) is 5. The predicted octanol–water partition coefficient (Wildman–Crippen LogP) is 5.62. The van der Waals surface area contributed by atoms with Gasteiger partial charge in [0.05, 0.1) is 18.5 Å². The van der Waals surface area contributed by atoms with Gasteiger partial charge < -0.3 is 19.1 Å². The molecule has 0 heterocycles. The van der Waals surface area contributed by atoms with E-state index in [-0.39, 0.29) is 19.1 Å². The van der Waals surface area contributed by atoms with Crippen molar-refractivity contribution in [1.82, 2.24) is 0 Å². The van der Waals surface area contributed by atoms with E-state index in [1.54, 1.807) is 62.4 Å². The van der Waals surface area contributed by atoms with Crippen LogP contribution in [-0.2, 0) is 13.6 Å². The van der Waals surface area contributed by atoms with Crippen LogP contribution >= 0.6 is 7.60 Å². The molecule has 0 aromatic heterocycles. The summed E-state index contributed by atoms with van der Waals surface area (Å²) in [4.78, 5) is 12.6. The normalized spacial score (nSPS) is 11.1. The van der Waals surface area contributed by atoms with E-state index in [4.69, 9.17) is 13.8 Å². The maximum absolute atomic E-state index is 12.9. The Morgan fingerprint density at radius 2 is 1.47 bits per heavy atom. The molecule has 0 aliphatic carbocycles. The van der Waals surface area contributed by atoms with Gasteiger partial charge in [0, 0.05) is 11.3 Å². The van der Waals surface area contributed by atoms with E-state index in [0.717, 1.165) is 5.75 Å². The second kappa shape index (κ2) is 10.2. The van der Waals surface area contributed by atoms with Gasteiger partial charge in [-0.3, -0.25) is 9.36 Å². The van der Waals surface area contributed by atoms with E-state index in [0.29, 0.717) is 22.3 Å². The summed E-state index contributed by atoms with van der Waals surface area (Å²) in [7, 11) is -3.42. The standard InChI is InChI=1S/C23H24NO5P/c1-3-27-30(26,28-4-2)22-12-8-9-19(17-22)24-23(25)18-13-15-21(16-14-18)29-20-10-6-5-7-11-20/h5-17H,3-4H2,1-2H3,(H,24,25). The molecule has 0 saturated heterocycles. The molecule has 0 spiro atoms. The number of rotatable bonds is 9. The third kappa shape index (κ3) is 5.57. The number of anilines is 1. The molecule has 1 N–H and O–H groups in total. The number of para-hydroxylation sites is 1. The highest BCUT2D eigenvalue weighted by Crippen LogP contribution is 2.47. The van der Waals surface area contributed by atoms with E-state index in [1.165, 1.54) is 0 Å². The molecule has 3 rings (SSSR count). The molecule has 0 radical (unpaired) electrons. The molecule has 1 amide bonds. The van der Waals surface area contributed by atoms with E-state index in [9.17, 15) is 9.36 Å². The van der Waals surface area contributed by atoms with Gasteiger partial charge >= 0.3 is 7.60 Å². The monoisotopic (exact) mass is 425 g/mol. The predicted molar refractivity (Wildman–Crippen MR) is 118 cm³/mol. The minimum Gasteiger partial charge on any atom is -0.457 e. The van der Waals surface area contributed by atoms with Crippen molar-refractivity contribution < 1.29 is 23.1 Å². The first-order chi connectivity index (χ1) is 14.5. The third-order valence-corrected chi connectivity index (χ3v) is 6.22. The van der Waals surface area contributed by atoms with Gasteiger partial charge in [0.1, 0.15) is 11.5 Å². The van der Waals surface area contributed by atoms with Crippen LogP contribution < -0.4 is 15.4 Å². The summed E-state index contributed by atoms with van der Waals surface area (Å²) in [5.74, 6) is 1.06. The molecule has 0 atom stereocenters. The fourth-order valence-electron chi connectivity index (χ4n) is 2.78. The van der Waals surface area contributed by atoms with Crippen LogP contribution in [0.25, 0.3) is 0 Å². The zero-order valence-corrected chi connectivity index (χ0v) is 17.8. The zero-order valence-electron chi connectivity index (χ0n) is 16.9. The lowest BCUT2D eigenvalue weighted by Gasteiger charge is -2.18. The van der Waals surface area contributed by atoms with Crippen LogP contribution in [0, 0.1) is 0 Å². The summed E-state index contributed by atoms with van der Waals surface area (Å²) in [5, 5.41) is 3.21. The number of benzene rings is 3. The molecule has 0 saturated carbocycles. The van der Waals surface area contributed by atoms with E-state index >= 15 is 0 Å². The Bertz CT molecular complexity index is 1010. The SMILES string of the molecule is CCOP(=O)(OCC)c1cccc(NC(=O)c2ccc(Oc3ccccc3)cc2)c1. The van der Waals surface area contributed by atoms with Crippen LogP contribution in [0.3, 0.4) is 0 Å². The van der Waals surface area contributed by atoms with Gasteiger partial charge in [-0.15, -0.1) is 0 Å². The number of carbonyl (C=O) groups excluding carboxylic acids is 1. The maximum atomic E-state index is 12.9. The van der Waals surface area contributed by atoms with Crippen molar-refractivity contribution in [2.24, 2.45) is 0 Å². The van der Waals surface area contributed by atoms with Crippen LogP contribution in [-0.4, -0.2) is 19.1 Å². The number of nitrogens with one attached hydrogen (secondary N) is 1. The van der Waals surface area contributed by atoms with Gasteiger partial charge in [-0.05, 0) is 68.4 Å². The average molecular weight is 425 g/mol. The highest BCUT2D eigenvalue weighted by molar-refractivity contribution is 7.62. The van der Waals surface area contributed by atoms with Gasteiger partial charge in [0.2, 0.25) is 0 Å². The molecular weight excluding hydrogens is 401 g/mol. The van der Waals surface area contributed by atoms with Crippen molar-refractivity contribution in [3.8, 4) is 11.5 Å². The summed E-state index contributed by atoms with van der Waals surface area (Å²) in [5.41, 5.74) is 0.973. The molecule has 7 heteroatoms. The van der Waals surface area contributed by atoms with Crippen LogP contribution in [0.2, 0.25) is 0 Å². The fraction of sp³-hybridized carbons (Fsp3) is 0.174. The minimum atomic E-state index is -3.42. The van der Waals surface area contributed by atoms with E-state index in [2.05, 4.69) is 5.32 Å². The van der Waals surface area contributed by atoms with E-state index < -0.39 is 7.60 Å². The van der Waals surface area contributed by atoms with Crippen molar-refractivity contribution in [3.05, 3.63) is 84.4 Å². The Kier molecular flexibility index (Phi) is 7.41. The second-order valence-electron chi connectivity index (χ2n) is 6.28. The van der Waals surface area contributed by atoms with Crippen molar-refractivity contribution in [3.63, 3.8) is 0 Å².